The Morgan fingerprint density at radius 3 is 2.74 bits per heavy atom. The van der Waals surface area contributed by atoms with Crippen molar-refractivity contribution >= 4 is 27.0 Å². The van der Waals surface area contributed by atoms with Crippen LogP contribution in [-0.4, -0.2) is 29.1 Å². The molecule has 1 N–H and O–H groups in total. The lowest BCUT2D eigenvalue weighted by Crippen LogP contribution is -2.32. The van der Waals surface area contributed by atoms with E-state index < -0.39 is 15.9 Å². The number of benzene rings is 1. The van der Waals surface area contributed by atoms with Crippen molar-refractivity contribution in [2.24, 2.45) is 0 Å². The summed E-state index contributed by atoms with van der Waals surface area (Å²) in [6.07, 6.45) is 3.63. The second-order valence-electron chi connectivity index (χ2n) is 8.58. The number of pyridine rings is 1. The van der Waals surface area contributed by atoms with Crippen LogP contribution in [-0.2, 0) is 33.7 Å². The zero-order valence-corrected chi connectivity index (χ0v) is 18.3. The van der Waals surface area contributed by atoms with E-state index in [4.69, 9.17) is 9.72 Å². The average Bonchev–Trinajstić information content (AvgIpc) is 3.29. The highest BCUT2D eigenvalue weighted by atomic mass is 32.2. The third-order valence-electron chi connectivity index (χ3n) is 5.71. The summed E-state index contributed by atoms with van der Waals surface area (Å²) >= 11 is 0. The van der Waals surface area contributed by atoms with E-state index in [1.54, 1.807) is 23.0 Å². The highest BCUT2D eigenvalue weighted by molar-refractivity contribution is 7.89. The van der Waals surface area contributed by atoms with Gasteiger partial charge in [0.05, 0.1) is 36.1 Å². The number of rotatable bonds is 6. The van der Waals surface area contributed by atoms with Crippen molar-refractivity contribution in [1.82, 2.24) is 19.5 Å². The molecule has 8 nitrogen and oxygen atoms in total. The molecule has 1 aliphatic carbocycles. The predicted octanol–water partition coefficient (Wildman–Crippen LogP) is 3.18. The number of ether oxygens (including phenoxy) is 1. The molecule has 0 saturated heterocycles. The standard InChI is InChI=1S/C22H24N4O4S/c1-13(2)26-21-19(9-23-26)18(8-20(24-21)15-5-6-15)22(27)25-31(28,29)12-14-3-4-16-10-30-11-17(16)7-14/h3-4,7-9,13,15H,5-6,10-12H2,1-2H3,(H,25,27). The van der Waals surface area contributed by atoms with E-state index in [-0.39, 0.29) is 11.8 Å². The summed E-state index contributed by atoms with van der Waals surface area (Å²) in [4.78, 5) is 17.8. The number of carbonyl (C=O) groups excluding carboxylic acids is 1. The van der Waals surface area contributed by atoms with Gasteiger partial charge in [0.15, 0.2) is 5.65 Å². The molecule has 0 spiro atoms. The van der Waals surface area contributed by atoms with Crippen molar-refractivity contribution in [3.63, 3.8) is 0 Å². The first-order chi connectivity index (χ1) is 14.8. The summed E-state index contributed by atoms with van der Waals surface area (Å²) < 4.78 is 34.9. The topological polar surface area (TPSA) is 103 Å². The minimum atomic E-state index is -3.88. The Kier molecular flexibility index (Phi) is 4.82. The van der Waals surface area contributed by atoms with Crippen LogP contribution in [0.2, 0.25) is 0 Å². The second kappa shape index (κ2) is 7.42. The largest absolute Gasteiger partial charge is 0.372 e. The van der Waals surface area contributed by atoms with E-state index in [1.165, 1.54) is 0 Å². The summed E-state index contributed by atoms with van der Waals surface area (Å²) in [6.45, 7) is 5.01. The van der Waals surface area contributed by atoms with Gasteiger partial charge < -0.3 is 4.74 Å². The van der Waals surface area contributed by atoms with Gasteiger partial charge in [-0.1, -0.05) is 18.2 Å². The van der Waals surface area contributed by atoms with Gasteiger partial charge in [0, 0.05) is 17.7 Å². The zero-order chi connectivity index (χ0) is 21.8. The van der Waals surface area contributed by atoms with Crippen LogP contribution in [0.25, 0.3) is 11.0 Å². The van der Waals surface area contributed by atoms with Gasteiger partial charge in [-0.15, -0.1) is 0 Å². The van der Waals surface area contributed by atoms with Gasteiger partial charge in [-0.05, 0) is 49.4 Å². The molecule has 1 aromatic carbocycles. The van der Waals surface area contributed by atoms with Gasteiger partial charge in [0.2, 0.25) is 10.0 Å². The molecule has 0 atom stereocenters. The van der Waals surface area contributed by atoms with E-state index in [0.717, 1.165) is 29.7 Å². The maximum atomic E-state index is 13.1. The minimum Gasteiger partial charge on any atom is -0.372 e. The van der Waals surface area contributed by atoms with Crippen LogP contribution < -0.4 is 4.72 Å². The van der Waals surface area contributed by atoms with Gasteiger partial charge in [0.25, 0.3) is 5.91 Å². The highest BCUT2D eigenvalue weighted by Crippen LogP contribution is 2.40. The number of sulfonamides is 1. The molecule has 2 aliphatic rings. The van der Waals surface area contributed by atoms with Crippen LogP contribution in [0, 0.1) is 0 Å². The molecule has 0 unspecified atom stereocenters. The first kappa shape index (κ1) is 20.1. The minimum absolute atomic E-state index is 0.0721. The van der Waals surface area contributed by atoms with E-state index in [9.17, 15) is 13.2 Å². The van der Waals surface area contributed by atoms with Crippen molar-refractivity contribution in [3.8, 4) is 0 Å². The smallest absolute Gasteiger partial charge is 0.265 e. The predicted molar refractivity (Wildman–Crippen MR) is 115 cm³/mol. The summed E-state index contributed by atoms with van der Waals surface area (Å²) in [5, 5.41) is 4.93. The molecule has 1 saturated carbocycles. The number of nitrogens with zero attached hydrogens (tertiary/aromatic N) is 3. The van der Waals surface area contributed by atoms with Crippen LogP contribution in [0.15, 0.2) is 30.5 Å². The third-order valence-corrected chi connectivity index (χ3v) is 6.92. The number of fused-ring (bicyclic) bond motifs is 2. The lowest BCUT2D eigenvalue weighted by molar-refractivity contribution is 0.0983. The fourth-order valence-corrected chi connectivity index (χ4v) is 5.04. The van der Waals surface area contributed by atoms with Crippen LogP contribution in [0.4, 0.5) is 0 Å². The molecule has 2 aromatic heterocycles. The summed E-state index contributed by atoms with van der Waals surface area (Å²) in [5.74, 6) is -0.611. The van der Waals surface area contributed by atoms with Crippen LogP contribution >= 0.6 is 0 Å². The summed E-state index contributed by atoms with van der Waals surface area (Å²) in [6, 6.07) is 7.25. The Bertz CT molecular complexity index is 1290. The quantitative estimate of drug-likeness (QED) is 0.631. The maximum Gasteiger partial charge on any atom is 0.265 e. The molecule has 0 bridgehead atoms. The van der Waals surface area contributed by atoms with Gasteiger partial charge in [-0.3, -0.25) is 4.79 Å². The molecule has 1 fully saturated rings. The lowest BCUT2D eigenvalue weighted by atomic mass is 10.1. The number of carbonyl (C=O) groups is 1. The van der Waals surface area contributed by atoms with Gasteiger partial charge in [-0.25, -0.2) is 22.8 Å². The van der Waals surface area contributed by atoms with Gasteiger partial charge >= 0.3 is 0 Å². The van der Waals surface area contributed by atoms with Crippen molar-refractivity contribution < 1.29 is 17.9 Å². The summed E-state index contributed by atoms with van der Waals surface area (Å²) in [5.41, 5.74) is 4.40. The number of hydrogen-bond donors (Lipinski definition) is 1. The maximum absolute atomic E-state index is 13.1. The van der Waals surface area contributed by atoms with Crippen molar-refractivity contribution in [2.75, 3.05) is 0 Å². The molecule has 5 rings (SSSR count). The molecule has 162 valence electrons. The molecular formula is C22H24N4O4S. The van der Waals surface area contributed by atoms with Gasteiger partial charge in [0.1, 0.15) is 0 Å². The normalized spacial score (nSPS) is 16.1. The fraction of sp³-hybridized carbons (Fsp3) is 0.409. The molecule has 0 radical (unpaired) electrons. The molecule has 3 aromatic rings. The third kappa shape index (κ3) is 3.95. The Morgan fingerprint density at radius 2 is 2.00 bits per heavy atom. The van der Waals surface area contributed by atoms with E-state index in [1.807, 2.05) is 26.0 Å². The van der Waals surface area contributed by atoms with Crippen molar-refractivity contribution in [2.45, 2.75) is 57.6 Å². The number of amides is 1. The van der Waals surface area contributed by atoms with Crippen LogP contribution in [0.1, 0.15) is 71.4 Å². The van der Waals surface area contributed by atoms with E-state index in [0.29, 0.717) is 41.3 Å². The molecule has 3 heterocycles. The zero-order valence-electron chi connectivity index (χ0n) is 17.5. The van der Waals surface area contributed by atoms with Gasteiger partial charge in [-0.2, -0.15) is 5.10 Å². The van der Waals surface area contributed by atoms with E-state index in [2.05, 4.69) is 9.82 Å². The number of nitrogens with one attached hydrogen (secondary N) is 1. The number of hydrogen-bond acceptors (Lipinski definition) is 6. The SMILES string of the molecule is CC(C)n1ncc2c(C(=O)NS(=O)(=O)Cc3ccc4c(c3)COC4)cc(C3CC3)nc21. The van der Waals surface area contributed by atoms with Crippen LogP contribution in [0.5, 0.6) is 0 Å². The lowest BCUT2D eigenvalue weighted by Gasteiger charge is -2.11. The number of aromatic nitrogens is 3. The molecular weight excluding hydrogens is 416 g/mol. The Morgan fingerprint density at radius 1 is 1.23 bits per heavy atom. The molecule has 9 heteroatoms. The monoisotopic (exact) mass is 440 g/mol. The Labute approximate surface area is 180 Å². The second-order valence-corrected chi connectivity index (χ2v) is 10.3. The molecule has 31 heavy (non-hydrogen) atoms. The first-order valence-corrected chi connectivity index (χ1v) is 12.1. The van der Waals surface area contributed by atoms with Crippen molar-refractivity contribution in [1.29, 1.82) is 0 Å². The first-order valence-electron chi connectivity index (χ1n) is 10.4. The molecule has 1 aliphatic heterocycles. The highest BCUT2D eigenvalue weighted by Gasteiger charge is 2.29. The Hall–Kier alpha value is -2.78. The average molecular weight is 441 g/mol. The fourth-order valence-electron chi connectivity index (χ4n) is 3.96. The molecule has 1 amide bonds. The van der Waals surface area contributed by atoms with Crippen LogP contribution in [0.3, 0.4) is 0 Å². The summed E-state index contributed by atoms with van der Waals surface area (Å²) in [7, 11) is -3.88. The van der Waals surface area contributed by atoms with E-state index >= 15 is 0 Å². The van der Waals surface area contributed by atoms with Crippen molar-refractivity contribution in [3.05, 3.63) is 58.4 Å². The Balaban J connectivity index is 1.44.